The fraction of sp³-hybridized carbons (Fsp3) is 0.0952. The molecule has 0 aliphatic carbocycles. The SMILES string of the molecule is Oc1c2c(Cl)cc(-c3ccncc3)cc2cn1Cc1ccc(OC(F)(F)F)cc1. The molecule has 0 unspecified atom stereocenters. The van der Waals surface area contributed by atoms with E-state index in [4.69, 9.17) is 11.6 Å². The van der Waals surface area contributed by atoms with Gasteiger partial charge < -0.3 is 14.4 Å². The third kappa shape index (κ3) is 4.14. The second kappa shape index (κ2) is 7.33. The Labute approximate surface area is 168 Å². The maximum atomic E-state index is 12.3. The van der Waals surface area contributed by atoms with Crippen molar-refractivity contribution in [2.24, 2.45) is 0 Å². The molecule has 0 atom stereocenters. The fourth-order valence-corrected chi connectivity index (χ4v) is 3.47. The lowest BCUT2D eigenvalue weighted by molar-refractivity contribution is -0.274. The molecule has 2 aromatic carbocycles. The minimum atomic E-state index is -4.73. The summed E-state index contributed by atoms with van der Waals surface area (Å²) in [5.74, 6) is -0.310. The lowest BCUT2D eigenvalue weighted by atomic mass is 10.0. The molecule has 0 bridgehead atoms. The maximum absolute atomic E-state index is 12.3. The molecule has 0 amide bonds. The number of fused-ring (bicyclic) bond motifs is 1. The molecule has 0 radical (unpaired) electrons. The molecule has 2 heterocycles. The zero-order valence-corrected chi connectivity index (χ0v) is 15.6. The Balaban J connectivity index is 1.65. The molecule has 2 aromatic heterocycles. The normalized spacial score (nSPS) is 11.7. The van der Waals surface area contributed by atoms with E-state index in [1.807, 2.05) is 18.2 Å². The van der Waals surface area contributed by atoms with Crippen molar-refractivity contribution in [3.63, 3.8) is 0 Å². The van der Waals surface area contributed by atoms with Crippen LogP contribution in [0.3, 0.4) is 0 Å². The fourth-order valence-electron chi connectivity index (χ4n) is 3.16. The van der Waals surface area contributed by atoms with Crippen molar-refractivity contribution in [3.05, 3.63) is 77.7 Å². The first-order valence-corrected chi connectivity index (χ1v) is 8.94. The van der Waals surface area contributed by atoms with Crippen LogP contribution in [0.15, 0.2) is 67.1 Å². The number of aromatic nitrogens is 2. The summed E-state index contributed by atoms with van der Waals surface area (Å²) in [5, 5.41) is 12.3. The first kappa shape index (κ1) is 19.1. The molecule has 4 aromatic rings. The van der Waals surface area contributed by atoms with Gasteiger partial charge in [0, 0.05) is 24.0 Å². The van der Waals surface area contributed by atoms with Crippen LogP contribution >= 0.6 is 11.6 Å². The number of pyridine rings is 1. The van der Waals surface area contributed by atoms with E-state index in [1.54, 1.807) is 29.2 Å². The number of aromatic hydroxyl groups is 1. The van der Waals surface area contributed by atoms with Crippen molar-refractivity contribution in [1.29, 1.82) is 0 Å². The summed E-state index contributed by atoms with van der Waals surface area (Å²) in [7, 11) is 0. The maximum Gasteiger partial charge on any atom is 0.573 e. The quantitative estimate of drug-likeness (QED) is 0.441. The second-order valence-corrected chi connectivity index (χ2v) is 6.84. The van der Waals surface area contributed by atoms with Gasteiger partial charge in [-0.1, -0.05) is 23.7 Å². The number of alkyl halides is 3. The van der Waals surface area contributed by atoms with Crippen LogP contribution in [0.5, 0.6) is 11.6 Å². The zero-order chi connectivity index (χ0) is 20.6. The number of ether oxygens (including phenoxy) is 1. The van der Waals surface area contributed by atoms with E-state index in [0.717, 1.165) is 16.5 Å². The molecule has 0 saturated carbocycles. The minimum absolute atomic E-state index is 0.0121. The molecular formula is C21H14ClF3N2O2. The van der Waals surface area contributed by atoms with Crippen molar-refractivity contribution in [3.8, 4) is 22.8 Å². The van der Waals surface area contributed by atoms with Gasteiger partial charge in [0.05, 0.1) is 17.0 Å². The van der Waals surface area contributed by atoms with Crippen LogP contribution in [0.1, 0.15) is 5.56 Å². The van der Waals surface area contributed by atoms with Gasteiger partial charge in [-0.3, -0.25) is 4.98 Å². The van der Waals surface area contributed by atoms with E-state index in [2.05, 4.69) is 9.72 Å². The topological polar surface area (TPSA) is 47.3 Å². The number of hydrogen-bond acceptors (Lipinski definition) is 3. The van der Waals surface area contributed by atoms with Crippen LogP contribution in [0.4, 0.5) is 13.2 Å². The van der Waals surface area contributed by atoms with Gasteiger partial charge in [-0.25, -0.2) is 0 Å². The van der Waals surface area contributed by atoms with Gasteiger partial charge >= 0.3 is 6.36 Å². The molecule has 0 aliphatic heterocycles. The summed E-state index contributed by atoms with van der Waals surface area (Å²) in [6, 6.07) is 12.9. The predicted molar refractivity (Wildman–Crippen MR) is 104 cm³/mol. The summed E-state index contributed by atoms with van der Waals surface area (Å²) >= 11 is 6.40. The van der Waals surface area contributed by atoms with E-state index in [-0.39, 0.29) is 18.2 Å². The number of hydrogen-bond donors (Lipinski definition) is 1. The van der Waals surface area contributed by atoms with Gasteiger partial charge in [-0.2, -0.15) is 0 Å². The van der Waals surface area contributed by atoms with E-state index >= 15 is 0 Å². The van der Waals surface area contributed by atoms with E-state index < -0.39 is 6.36 Å². The predicted octanol–water partition coefficient (Wildman–Crippen LogP) is 6.01. The Morgan fingerprint density at radius 1 is 1.00 bits per heavy atom. The first-order valence-electron chi connectivity index (χ1n) is 8.56. The number of benzene rings is 2. The second-order valence-electron chi connectivity index (χ2n) is 6.43. The first-order chi connectivity index (χ1) is 13.8. The highest BCUT2D eigenvalue weighted by Gasteiger charge is 2.30. The third-order valence-electron chi connectivity index (χ3n) is 4.43. The molecule has 148 valence electrons. The molecule has 29 heavy (non-hydrogen) atoms. The Bertz CT molecular complexity index is 1160. The van der Waals surface area contributed by atoms with E-state index in [0.29, 0.717) is 16.0 Å². The van der Waals surface area contributed by atoms with Crippen LogP contribution in [0.2, 0.25) is 5.02 Å². The van der Waals surface area contributed by atoms with Crippen molar-refractivity contribution in [2.75, 3.05) is 0 Å². The van der Waals surface area contributed by atoms with Crippen molar-refractivity contribution in [1.82, 2.24) is 9.55 Å². The van der Waals surface area contributed by atoms with Crippen LogP contribution in [0.25, 0.3) is 21.9 Å². The molecule has 4 rings (SSSR count). The van der Waals surface area contributed by atoms with Crippen LogP contribution in [-0.4, -0.2) is 21.0 Å². The molecule has 4 nitrogen and oxygen atoms in total. The summed E-state index contributed by atoms with van der Waals surface area (Å²) < 4.78 is 42.3. The summed E-state index contributed by atoms with van der Waals surface area (Å²) in [5.41, 5.74) is 2.52. The van der Waals surface area contributed by atoms with Crippen molar-refractivity contribution < 1.29 is 23.0 Å². The zero-order valence-electron chi connectivity index (χ0n) is 14.8. The summed E-state index contributed by atoms with van der Waals surface area (Å²) in [6.07, 6.45) is 0.382. The Morgan fingerprint density at radius 2 is 1.69 bits per heavy atom. The highest BCUT2D eigenvalue weighted by atomic mass is 35.5. The highest BCUT2D eigenvalue weighted by Crippen LogP contribution is 2.37. The molecule has 1 N–H and O–H groups in total. The van der Waals surface area contributed by atoms with Gasteiger partial charge in [-0.05, 0) is 53.1 Å². The number of halogens is 4. The standard InChI is InChI=1S/C21H14ClF3N2O2/c22-18-10-15(14-5-7-26-8-6-14)9-16-12-27(20(28)19(16)18)11-13-1-3-17(4-2-13)29-21(23,24)25/h1-10,12,28H,11H2. The largest absolute Gasteiger partial charge is 0.573 e. The number of nitrogens with zero attached hydrogens (tertiary/aromatic N) is 2. The van der Waals surface area contributed by atoms with Gasteiger partial charge in [0.2, 0.25) is 5.88 Å². The van der Waals surface area contributed by atoms with Crippen LogP contribution in [0, 0.1) is 0 Å². The average molecular weight is 419 g/mol. The van der Waals surface area contributed by atoms with E-state index in [1.165, 1.54) is 24.3 Å². The monoisotopic (exact) mass is 418 g/mol. The lowest BCUT2D eigenvalue weighted by Crippen LogP contribution is -2.17. The Morgan fingerprint density at radius 3 is 2.34 bits per heavy atom. The van der Waals surface area contributed by atoms with Gasteiger partial charge in [0.25, 0.3) is 0 Å². The van der Waals surface area contributed by atoms with Gasteiger partial charge in [0.1, 0.15) is 5.75 Å². The van der Waals surface area contributed by atoms with Crippen molar-refractivity contribution >= 4 is 22.4 Å². The molecule has 0 saturated heterocycles. The summed E-state index contributed by atoms with van der Waals surface area (Å²) in [6.45, 7) is 0.258. The van der Waals surface area contributed by atoms with Gasteiger partial charge in [0.15, 0.2) is 0 Å². The third-order valence-corrected chi connectivity index (χ3v) is 4.73. The van der Waals surface area contributed by atoms with Crippen LogP contribution in [-0.2, 0) is 6.54 Å². The van der Waals surface area contributed by atoms with Crippen molar-refractivity contribution in [2.45, 2.75) is 12.9 Å². The highest BCUT2D eigenvalue weighted by molar-refractivity contribution is 6.36. The number of rotatable bonds is 4. The average Bonchev–Trinajstić information content (AvgIpc) is 2.99. The molecular weight excluding hydrogens is 405 g/mol. The lowest BCUT2D eigenvalue weighted by Gasteiger charge is -2.10. The Kier molecular flexibility index (Phi) is 4.84. The van der Waals surface area contributed by atoms with Crippen LogP contribution < -0.4 is 4.74 Å². The minimum Gasteiger partial charge on any atom is -0.494 e. The summed E-state index contributed by atoms with van der Waals surface area (Å²) in [4.78, 5) is 4.00. The molecule has 0 spiro atoms. The molecule has 0 fully saturated rings. The molecule has 0 aliphatic rings. The Hall–Kier alpha value is -3.19. The van der Waals surface area contributed by atoms with Gasteiger partial charge in [-0.15, -0.1) is 13.2 Å². The van der Waals surface area contributed by atoms with E-state index in [9.17, 15) is 18.3 Å². The smallest absolute Gasteiger partial charge is 0.494 e. The molecule has 8 heteroatoms.